The fourth-order valence-electron chi connectivity index (χ4n) is 3.61. The quantitative estimate of drug-likeness (QED) is 0.430. The molecule has 0 bridgehead atoms. The maximum absolute atomic E-state index is 12.8. The van der Waals surface area contributed by atoms with Gasteiger partial charge in [-0.2, -0.15) is 0 Å². The van der Waals surface area contributed by atoms with Gasteiger partial charge in [-0.1, -0.05) is 44.2 Å². The normalized spacial score (nSPS) is 19.0. The minimum absolute atomic E-state index is 0.0778. The summed E-state index contributed by atoms with van der Waals surface area (Å²) in [6.07, 6.45) is 2.24. The molecule has 1 aromatic heterocycles. The third kappa shape index (κ3) is 3.87. The maximum Gasteiger partial charge on any atom is 0.295 e. The van der Waals surface area contributed by atoms with Crippen LogP contribution < -0.4 is 0 Å². The third-order valence-electron chi connectivity index (χ3n) is 5.17. The highest BCUT2D eigenvalue weighted by atomic mass is 16.3. The van der Waals surface area contributed by atoms with E-state index in [-0.39, 0.29) is 11.3 Å². The number of nitrogens with zero attached hydrogens (tertiary/aromatic N) is 2. The molecule has 1 N–H and O–H groups in total. The van der Waals surface area contributed by atoms with Gasteiger partial charge in [0.2, 0.25) is 0 Å². The van der Waals surface area contributed by atoms with Crippen LogP contribution >= 0.6 is 0 Å². The predicted molar refractivity (Wildman–Crippen MR) is 107 cm³/mol. The number of hydrogen-bond donors (Lipinski definition) is 1. The van der Waals surface area contributed by atoms with Crippen LogP contribution in [0.25, 0.3) is 5.76 Å². The van der Waals surface area contributed by atoms with Crippen molar-refractivity contribution in [1.29, 1.82) is 0 Å². The van der Waals surface area contributed by atoms with Gasteiger partial charge in [-0.15, -0.1) is 0 Å². The SMILES string of the molecule is CCN(CC)CCCN1C(=O)C(=O)C(=C(O)c2ccccc2)[C@@H]1c1ccco1. The van der Waals surface area contributed by atoms with E-state index in [1.54, 1.807) is 36.4 Å². The Kier molecular flexibility index (Phi) is 6.31. The van der Waals surface area contributed by atoms with Crippen LogP contribution in [0.5, 0.6) is 0 Å². The number of benzene rings is 1. The summed E-state index contributed by atoms with van der Waals surface area (Å²) in [6.45, 7) is 7.31. The second-order valence-electron chi connectivity index (χ2n) is 6.75. The molecule has 1 aliphatic rings. The molecular weight excluding hydrogens is 356 g/mol. The number of aliphatic hydroxyl groups excluding tert-OH is 1. The van der Waals surface area contributed by atoms with Crippen molar-refractivity contribution in [1.82, 2.24) is 9.80 Å². The van der Waals surface area contributed by atoms with Crippen molar-refractivity contribution in [3.05, 3.63) is 65.6 Å². The first kappa shape index (κ1) is 19.9. The topological polar surface area (TPSA) is 74.0 Å². The van der Waals surface area contributed by atoms with Gasteiger partial charge in [0.25, 0.3) is 11.7 Å². The van der Waals surface area contributed by atoms with Crippen molar-refractivity contribution in [2.75, 3.05) is 26.2 Å². The zero-order valence-electron chi connectivity index (χ0n) is 16.3. The van der Waals surface area contributed by atoms with Crippen molar-refractivity contribution in [3.63, 3.8) is 0 Å². The Morgan fingerprint density at radius 2 is 1.82 bits per heavy atom. The monoisotopic (exact) mass is 382 g/mol. The lowest BCUT2D eigenvalue weighted by atomic mass is 9.99. The van der Waals surface area contributed by atoms with Gasteiger partial charge in [0.15, 0.2) is 0 Å². The smallest absolute Gasteiger partial charge is 0.295 e. The molecule has 28 heavy (non-hydrogen) atoms. The Bertz CT molecular complexity index is 839. The van der Waals surface area contributed by atoms with Crippen LogP contribution in [0.2, 0.25) is 0 Å². The number of carbonyl (C=O) groups excluding carboxylic acids is 2. The summed E-state index contributed by atoms with van der Waals surface area (Å²) in [6, 6.07) is 11.5. The molecule has 1 aromatic carbocycles. The van der Waals surface area contributed by atoms with Gasteiger partial charge in [-0.3, -0.25) is 9.59 Å². The van der Waals surface area contributed by atoms with Crippen LogP contribution in [0.4, 0.5) is 0 Å². The highest BCUT2D eigenvalue weighted by molar-refractivity contribution is 6.46. The molecule has 2 aromatic rings. The Balaban J connectivity index is 1.94. The molecule has 1 amide bonds. The Hall–Kier alpha value is -2.86. The molecular formula is C22H26N2O4. The second-order valence-corrected chi connectivity index (χ2v) is 6.75. The maximum atomic E-state index is 12.8. The predicted octanol–water partition coefficient (Wildman–Crippen LogP) is 3.43. The highest BCUT2D eigenvalue weighted by Gasteiger charge is 2.47. The molecule has 1 saturated heterocycles. The van der Waals surface area contributed by atoms with Gasteiger partial charge in [0, 0.05) is 12.1 Å². The van der Waals surface area contributed by atoms with E-state index >= 15 is 0 Å². The number of hydrogen-bond acceptors (Lipinski definition) is 5. The van der Waals surface area contributed by atoms with Crippen LogP contribution in [-0.2, 0) is 9.59 Å². The molecule has 6 nitrogen and oxygen atoms in total. The molecule has 2 heterocycles. The summed E-state index contributed by atoms with van der Waals surface area (Å²) in [4.78, 5) is 29.3. The minimum atomic E-state index is -0.716. The number of carbonyl (C=O) groups is 2. The van der Waals surface area contributed by atoms with Gasteiger partial charge >= 0.3 is 0 Å². The summed E-state index contributed by atoms with van der Waals surface area (Å²) in [5, 5.41) is 10.8. The second kappa shape index (κ2) is 8.89. The van der Waals surface area contributed by atoms with Crippen LogP contribution in [0, 0.1) is 0 Å². The van der Waals surface area contributed by atoms with Crippen LogP contribution in [0.3, 0.4) is 0 Å². The molecule has 1 aliphatic heterocycles. The number of amides is 1. The number of likely N-dealkylation sites (tertiary alicyclic amines) is 1. The van der Waals surface area contributed by atoms with E-state index < -0.39 is 17.7 Å². The van der Waals surface area contributed by atoms with E-state index in [0.717, 1.165) is 26.1 Å². The van der Waals surface area contributed by atoms with Crippen molar-refractivity contribution < 1.29 is 19.1 Å². The summed E-state index contributed by atoms with van der Waals surface area (Å²) in [5.74, 6) is -0.977. The van der Waals surface area contributed by atoms with Gasteiger partial charge in [-0.05, 0) is 38.2 Å². The molecule has 148 valence electrons. The van der Waals surface area contributed by atoms with E-state index in [0.29, 0.717) is 17.9 Å². The molecule has 0 unspecified atom stereocenters. The van der Waals surface area contributed by atoms with Crippen LogP contribution in [0.15, 0.2) is 58.7 Å². The molecule has 0 saturated carbocycles. The van der Waals surface area contributed by atoms with E-state index in [4.69, 9.17) is 4.42 Å². The number of rotatable bonds is 8. The van der Waals surface area contributed by atoms with Crippen LogP contribution in [0.1, 0.15) is 37.6 Å². The molecule has 1 atom stereocenters. The number of furan rings is 1. The first-order chi connectivity index (χ1) is 13.6. The van der Waals surface area contributed by atoms with Gasteiger partial charge in [0.05, 0.1) is 11.8 Å². The molecule has 3 rings (SSSR count). The van der Waals surface area contributed by atoms with Crippen molar-refractivity contribution in [2.24, 2.45) is 0 Å². The highest BCUT2D eigenvalue weighted by Crippen LogP contribution is 2.39. The standard InChI is InChI=1S/C22H26N2O4/c1-3-23(4-2)13-9-14-24-19(17-12-8-15-28-17)18(21(26)22(24)27)20(25)16-10-6-5-7-11-16/h5-8,10-12,15,19,25H,3-4,9,13-14H2,1-2H3/t19-/m0/s1. The Morgan fingerprint density at radius 3 is 2.43 bits per heavy atom. The fourth-order valence-corrected chi connectivity index (χ4v) is 3.61. The lowest BCUT2D eigenvalue weighted by Crippen LogP contribution is -2.33. The first-order valence-corrected chi connectivity index (χ1v) is 9.68. The van der Waals surface area contributed by atoms with E-state index in [2.05, 4.69) is 18.7 Å². The largest absolute Gasteiger partial charge is 0.507 e. The average molecular weight is 382 g/mol. The molecule has 1 fully saturated rings. The summed E-state index contributed by atoms with van der Waals surface area (Å²) in [5.41, 5.74) is 0.578. The average Bonchev–Trinajstić information content (AvgIpc) is 3.33. The zero-order valence-corrected chi connectivity index (χ0v) is 16.3. The van der Waals surface area contributed by atoms with Gasteiger partial charge in [-0.25, -0.2) is 0 Å². The molecule has 0 aliphatic carbocycles. The minimum Gasteiger partial charge on any atom is -0.507 e. The third-order valence-corrected chi connectivity index (χ3v) is 5.17. The van der Waals surface area contributed by atoms with Gasteiger partial charge in [0.1, 0.15) is 17.6 Å². The first-order valence-electron chi connectivity index (χ1n) is 9.68. The fraction of sp³-hybridized carbons (Fsp3) is 0.364. The Morgan fingerprint density at radius 1 is 1.11 bits per heavy atom. The summed E-state index contributed by atoms with van der Waals surface area (Å²) >= 11 is 0. The van der Waals surface area contributed by atoms with Crippen LogP contribution in [-0.4, -0.2) is 52.8 Å². The molecule has 0 radical (unpaired) electrons. The number of aliphatic hydroxyl groups is 1. The van der Waals surface area contributed by atoms with E-state index in [9.17, 15) is 14.7 Å². The molecule has 6 heteroatoms. The Labute approximate surface area is 165 Å². The summed E-state index contributed by atoms with van der Waals surface area (Å²) in [7, 11) is 0. The van der Waals surface area contributed by atoms with E-state index in [1.807, 2.05) is 6.07 Å². The molecule has 0 spiro atoms. The number of ketones is 1. The van der Waals surface area contributed by atoms with Crippen molar-refractivity contribution >= 4 is 17.4 Å². The summed E-state index contributed by atoms with van der Waals surface area (Å²) < 4.78 is 5.53. The lowest BCUT2D eigenvalue weighted by molar-refractivity contribution is -0.140. The van der Waals surface area contributed by atoms with Crippen molar-refractivity contribution in [2.45, 2.75) is 26.3 Å². The van der Waals surface area contributed by atoms with E-state index in [1.165, 1.54) is 11.2 Å². The number of Topliss-reactive ketones (excluding diaryl/α,β-unsaturated/α-hetero) is 1. The lowest BCUT2D eigenvalue weighted by Gasteiger charge is -2.25. The van der Waals surface area contributed by atoms with Crippen molar-refractivity contribution in [3.8, 4) is 0 Å². The zero-order chi connectivity index (χ0) is 20.1. The van der Waals surface area contributed by atoms with Gasteiger partial charge < -0.3 is 19.3 Å².